The molecule has 0 spiro atoms. The molecule has 0 bridgehead atoms. The lowest BCUT2D eigenvalue weighted by atomic mass is 10.2. The number of para-hydroxylation sites is 3. The van der Waals surface area contributed by atoms with Crippen molar-refractivity contribution in [2.75, 3.05) is 11.9 Å². The molecule has 2 N–H and O–H groups in total. The number of H-pyrrole nitrogens is 1. The van der Waals surface area contributed by atoms with Crippen molar-refractivity contribution in [1.29, 1.82) is 0 Å². The Morgan fingerprint density at radius 2 is 1.97 bits per heavy atom. The number of aryl methyl sites for hydroxylation is 1. The molecule has 29 heavy (non-hydrogen) atoms. The molecule has 1 aliphatic rings. The summed E-state index contributed by atoms with van der Waals surface area (Å²) in [5.74, 6) is 1.36. The van der Waals surface area contributed by atoms with E-state index in [0.29, 0.717) is 17.3 Å². The summed E-state index contributed by atoms with van der Waals surface area (Å²) in [6, 6.07) is 19.5. The van der Waals surface area contributed by atoms with Gasteiger partial charge in [0.25, 0.3) is 5.91 Å². The summed E-state index contributed by atoms with van der Waals surface area (Å²) in [6.07, 6.45) is -0.729. The van der Waals surface area contributed by atoms with Crippen LogP contribution in [0.3, 0.4) is 0 Å². The number of rotatable bonds is 4. The number of nitrogens with one attached hydrogen (secondary N) is 2. The minimum Gasteiger partial charge on any atom is -0.485 e. The number of carbonyl (C=O) groups excluding carboxylic acids is 1. The Morgan fingerprint density at radius 1 is 1.17 bits per heavy atom. The number of aromatic nitrogens is 3. The number of ether oxygens (including phenoxy) is 2. The second kappa shape index (κ2) is 7.01. The van der Waals surface area contributed by atoms with Gasteiger partial charge >= 0.3 is 0 Å². The average molecular weight is 388 g/mol. The highest BCUT2D eigenvalue weighted by Crippen LogP contribution is 2.31. The van der Waals surface area contributed by atoms with E-state index in [1.807, 2.05) is 36.4 Å². The maximum absolute atomic E-state index is 12.6. The van der Waals surface area contributed by atoms with Crippen molar-refractivity contribution in [2.24, 2.45) is 0 Å². The Morgan fingerprint density at radius 3 is 2.83 bits per heavy atom. The molecule has 4 aromatic rings. The Kier molecular flexibility index (Phi) is 4.20. The summed E-state index contributed by atoms with van der Waals surface area (Å²) in [5.41, 5.74) is 3.02. The average Bonchev–Trinajstić information content (AvgIpc) is 3.37. The number of aromatic amines is 1. The number of hydrogen-bond acceptors (Lipinski definition) is 4. The Hall–Kier alpha value is -3.74. The zero-order valence-electron chi connectivity index (χ0n) is 15.9. The lowest BCUT2D eigenvalue weighted by Crippen LogP contribution is -2.40. The van der Waals surface area contributed by atoms with Gasteiger partial charge in [-0.15, -0.1) is 0 Å². The van der Waals surface area contributed by atoms with Crippen LogP contribution in [-0.4, -0.2) is 33.4 Å². The number of nitrogens with zero attached hydrogens (tertiary/aromatic N) is 2. The molecular formula is C22H20N4O3. The zero-order valence-corrected chi connectivity index (χ0v) is 15.9. The van der Waals surface area contributed by atoms with Gasteiger partial charge in [0.05, 0.1) is 11.4 Å². The van der Waals surface area contributed by atoms with Gasteiger partial charge < -0.3 is 19.4 Å². The van der Waals surface area contributed by atoms with E-state index in [4.69, 9.17) is 9.47 Å². The molecule has 146 valence electrons. The second-order valence-electron chi connectivity index (χ2n) is 6.85. The highest BCUT2D eigenvalue weighted by atomic mass is 16.6. The highest BCUT2D eigenvalue weighted by molar-refractivity contribution is 5.94. The van der Waals surface area contributed by atoms with Crippen LogP contribution in [0.25, 0.3) is 22.3 Å². The van der Waals surface area contributed by atoms with Gasteiger partial charge in [-0.05, 0) is 31.2 Å². The van der Waals surface area contributed by atoms with E-state index in [1.54, 1.807) is 6.07 Å². The van der Waals surface area contributed by atoms with Gasteiger partial charge in [-0.3, -0.25) is 9.89 Å². The van der Waals surface area contributed by atoms with Crippen LogP contribution in [0, 0.1) is 0 Å². The quantitative estimate of drug-likeness (QED) is 0.557. The van der Waals surface area contributed by atoms with E-state index in [9.17, 15) is 4.79 Å². The van der Waals surface area contributed by atoms with Crippen molar-refractivity contribution in [3.05, 3.63) is 60.7 Å². The minimum absolute atomic E-state index is 0.157. The van der Waals surface area contributed by atoms with Crippen LogP contribution in [0.5, 0.6) is 11.5 Å². The van der Waals surface area contributed by atoms with E-state index in [1.165, 1.54) is 0 Å². The maximum atomic E-state index is 12.6. The first-order valence-corrected chi connectivity index (χ1v) is 9.56. The van der Waals surface area contributed by atoms with Crippen molar-refractivity contribution in [1.82, 2.24) is 14.8 Å². The summed E-state index contributed by atoms with van der Waals surface area (Å²) in [7, 11) is 0. The second-order valence-corrected chi connectivity index (χ2v) is 6.85. The molecule has 5 rings (SSSR count). The molecule has 1 amide bonds. The molecule has 3 heterocycles. The molecule has 0 radical (unpaired) electrons. The first-order valence-electron chi connectivity index (χ1n) is 9.56. The number of anilines is 1. The van der Waals surface area contributed by atoms with Gasteiger partial charge in [0.1, 0.15) is 6.61 Å². The number of amides is 1. The third kappa shape index (κ3) is 3.10. The molecule has 1 atom stereocenters. The van der Waals surface area contributed by atoms with E-state index >= 15 is 0 Å². The molecule has 2 aromatic heterocycles. The van der Waals surface area contributed by atoms with Crippen LogP contribution >= 0.6 is 0 Å². The third-order valence-electron chi connectivity index (χ3n) is 5.03. The van der Waals surface area contributed by atoms with E-state index in [-0.39, 0.29) is 12.5 Å². The standard InChI is InChI=1S/C22H20N4O3/c1-2-26-16-8-4-3-7-14(16)11-17(26)15-12-21(25-24-15)23-22(27)20-13-28-18-9-5-6-10-19(18)29-20/h3-12,20H,2,13H2,1H3,(H2,23,24,25,27)/t20-/m1/s1. The van der Waals surface area contributed by atoms with Crippen molar-refractivity contribution >= 4 is 22.6 Å². The van der Waals surface area contributed by atoms with Crippen molar-refractivity contribution in [3.8, 4) is 22.9 Å². The molecule has 1 aliphatic heterocycles. The summed E-state index contributed by atoms with van der Waals surface area (Å²) in [5, 5.41) is 11.2. The van der Waals surface area contributed by atoms with E-state index in [0.717, 1.165) is 28.8 Å². The molecule has 2 aromatic carbocycles. The number of carbonyl (C=O) groups is 1. The molecule has 0 saturated carbocycles. The molecule has 0 unspecified atom stereocenters. The predicted octanol–water partition coefficient (Wildman–Crippen LogP) is 3.83. The largest absolute Gasteiger partial charge is 0.485 e. The fourth-order valence-electron chi connectivity index (χ4n) is 3.65. The van der Waals surface area contributed by atoms with Crippen molar-refractivity contribution in [2.45, 2.75) is 19.6 Å². The van der Waals surface area contributed by atoms with E-state index in [2.05, 4.69) is 45.2 Å². The molecule has 0 aliphatic carbocycles. The van der Waals surface area contributed by atoms with E-state index < -0.39 is 6.10 Å². The van der Waals surface area contributed by atoms with Crippen LogP contribution in [0.4, 0.5) is 5.82 Å². The van der Waals surface area contributed by atoms with Crippen molar-refractivity contribution < 1.29 is 14.3 Å². The summed E-state index contributed by atoms with van der Waals surface area (Å²) in [4.78, 5) is 12.6. The predicted molar refractivity (Wildman–Crippen MR) is 110 cm³/mol. The first kappa shape index (κ1) is 17.4. The molecular weight excluding hydrogens is 368 g/mol. The first-order chi connectivity index (χ1) is 14.2. The normalized spacial score (nSPS) is 15.4. The SMILES string of the molecule is CCn1c(-c2cc(NC(=O)[C@H]3COc4ccccc4O3)n[nH]2)cc2ccccc21. The summed E-state index contributed by atoms with van der Waals surface area (Å²) < 4.78 is 13.6. The van der Waals surface area contributed by atoms with Crippen LogP contribution in [-0.2, 0) is 11.3 Å². The van der Waals surface area contributed by atoms with Crippen LogP contribution < -0.4 is 14.8 Å². The van der Waals surface area contributed by atoms with Gasteiger partial charge in [-0.1, -0.05) is 30.3 Å². The van der Waals surface area contributed by atoms with Gasteiger partial charge in [0.2, 0.25) is 6.10 Å². The van der Waals surface area contributed by atoms with Gasteiger partial charge in [-0.2, -0.15) is 5.10 Å². The fraction of sp³-hybridized carbons (Fsp3) is 0.182. The number of fused-ring (bicyclic) bond motifs is 2. The van der Waals surface area contributed by atoms with Crippen LogP contribution in [0.2, 0.25) is 0 Å². The van der Waals surface area contributed by atoms with Crippen LogP contribution in [0.15, 0.2) is 60.7 Å². The van der Waals surface area contributed by atoms with Gasteiger partial charge in [-0.25, -0.2) is 0 Å². The molecule has 7 heteroatoms. The fourth-order valence-corrected chi connectivity index (χ4v) is 3.65. The summed E-state index contributed by atoms with van der Waals surface area (Å²) in [6.45, 7) is 3.09. The molecule has 7 nitrogen and oxygen atoms in total. The van der Waals surface area contributed by atoms with Gasteiger partial charge in [0, 0.05) is 23.5 Å². The minimum atomic E-state index is -0.729. The van der Waals surface area contributed by atoms with Crippen LogP contribution in [0.1, 0.15) is 6.92 Å². The van der Waals surface area contributed by atoms with Crippen molar-refractivity contribution in [3.63, 3.8) is 0 Å². The smallest absolute Gasteiger partial charge is 0.270 e. The summed E-state index contributed by atoms with van der Waals surface area (Å²) >= 11 is 0. The Balaban J connectivity index is 1.35. The molecule has 0 saturated heterocycles. The Labute approximate surface area is 167 Å². The highest BCUT2D eigenvalue weighted by Gasteiger charge is 2.28. The topological polar surface area (TPSA) is 81.2 Å². The zero-order chi connectivity index (χ0) is 19.8. The number of benzene rings is 2. The number of hydrogen-bond donors (Lipinski definition) is 2. The lowest BCUT2D eigenvalue weighted by Gasteiger charge is -2.25. The monoisotopic (exact) mass is 388 g/mol. The lowest BCUT2D eigenvalue weighted by molar-refractivity contribution is -0.125. The third-order valence-corrected chi connectivity index (χ3v) is 5.03. The maximum Gasteiger partial charge on any atom is 0.270 e. The molecule has 0 fully saturated rings. The Bertz CT molecular complexity index is 1190. The van der Waals surface area contributed by atoms with Gasteiger partial charge in [0.15, 0.2) is 17.3 Å².